The van der Waals surface area contributed by atoms with Crippen molar-refractivity contribution in [2.75, 3.05) is 5.32 Å². The summed E-state index contributed by atoms with van der Waals surface area (Å²) in [5, 5.41) is 5.49. The number of hydrogen-bond acceptors (Lipinski definition) is 3. The first-order chi connectivity index (χ1) is 15.1. The maximum absolute atomic E-state index is 12.5. The second-order valence-corrected chi connectivity index (χ2v) is 10.1. The molecule has 0 saturated carbocycles. The molecule has 166 valence electrons. The van der Waals surface area contributed by atoms with Crippen LogP contribution in [0.2, 0.25) is 10.0 Å². The Morgan fingerprint density at radius 1 is 0.969 bits per heavy atom. The Morgan fingerprint density at radius 3 is 2.34 bits per heavy atom. The Hall–Kier alpha value is -1.58. The maximum atomic E-state index is 12.5. The standard InChI is InChI=1S/C22H15Br3Cl2N2O3/c1-10-8-16(28-22(31)29-21(30)18-13(24)4-3-5-15(18)26)11(2)19(27)20(10)32-17-7-6-12(23)9-14(17)25/h3-9H,1-2H3,(H2,28,29,30,31). The van der Waals surface area contributed by atoms with Crippen molar-refractivity contribution in [3.8, 4) is 11.5 Å². The number of nitrogens with one attached hydrogen (secondary N) is 2. The van der Waals surface area contributed by atoms with Gasteiger partial charge in [0.05, 0.1) is 20.1 Å². The van der Waals surface area contributed by atoms with E-state index in [1.165, 1.54) is 0 Å². The van der Waals surface area contributed by atoms with E-state index in [9.17, 15) is 9.59 Å². The van der Waals surface area contributed by atoms with E-state index in [2.05, 4.69) is 58.4 Å². The maximum Gasteiger partial charge on any atom is 0.326 e. The molecule has 0 fully saturated rings. The summed E-state index contributed by atoms with van der Waals surface area (Å²) < 4.78 is 8.15. The fraction of sp³-hybridized carbons (Fsp3) is 0.0909. The molecule has 3 aromatic carbocycles. The fourth-order valence-corrected chi connectivity index (χ4v) is 5.15. The first-order valence-electron chi connectivity index (χ1n) is 9.07. The van der Waals surface area contributed by atoms with Gasteiger partial charge in [0.25, 0.3) is 5.91 Å². The molecule has 0 radical (unpaired) electrons. The van der Waals surface area contributed by atoms with Crippen molar-refractivity contribution < 1.29 is 14.3 Å². The quantitative estimate of drug-likeness (QED) is 0.293. The van der Waals surface area contributed by atoms with Crippen molar-refractivity contribution >= 4 is 88.6 Å². The van der Waals surface area contributed by atoms with Gasteiger partial charge in [0.1, 0.15) is 11.5 Å². The highest BCUT2D eigenvalue weighted by molar-refractivity contribution is 9.11. The van der Waals surface area contributed by atoms with Crippen LogP contribution in [-0.2, 0) is 0 Å². The molecule has 0 unspecified atom stereocenters. The highest BCUT2D eigenvalue weighted by Crippen LogP contribution is 2.41. The Labute approximate surface area is 220 Å². The lowest BCUT2D eigenvalue weighted by atomic mass is 10.1. The molecule has 10 heteroatoms. The molecule has 0 aliphatic carbocycles. The number of carbonyl (C=O) groups excluding carboxylic acids is 2. The first-order valence-corrected chi connectivity index (χ1v) is 12.2. The monoisotopic (exact) mass is 662 g/mol. The topological polar surface area (TPSA) is 67.4 Å². The van der Waals surface area contributed by atoms with E-state index in [-0.39, 0.29) is 10.6 Å². The summed E-state index contributed by atoms with van der Waals surface area (Å²) in [7, 11) is 0. The van der Waals surface area contributed by atoms with Crippen LogP contribution < -0.4 is 15.4 Å². The fourth-order valence-electron chi connectivity index (χ4n) is 2.81. The number of urea groups is 1. The first kappa shape index (κ1) is 25.1. The molecule has 3 aromatic rings. The third kappa shape index (κ3) is 5.66. The number of ether oxygens (including phenoxy) is 1. The SMILES string of the molecule is Cc1cc(NC(=O)NC(=O)c2c(Cl)cccc2Br)c(C)c(Cl)c1Oc1ccc(Br)cc1Br. The predicted molar refractivity (Wildman–Crippen MR) is 138 cm³/mol. The molecule has 3 rings (SSSR count). The molecular weight excluding hydrogens is 651 g/mol. The van der Waals surface area contributed by atoms with E-state index >= 15 is 0 Å². The van der Waals surface area contributed by atoms with Gasteiger partial charge >= 0.3 is 6.03 Å². The van der Waals surface area contributed by atoms with Crippen molar-refractivity contribution in [3.05, 3.63) is 82.6 Å². The number of carbonyl (C=O) groups is 2. The molecule has 32 heavy (non-hydrogen) atoms. The van der Waals surface area contributed by atoms with Crippen LogP contribution in [0, 0.1) is 13.8 Å². The van der Waals surface area contributed by atoms with Crippen LogP contribution in [0.25, 0.3) is 0 Å². The van der Waals surface area contributed by atoms with Crippen LogP contribution >= 0.6 is 71.0 Å². The summed E-state index contributed by atoms with van der Waals surface area (Å²) in [6, 6.07) is 11.4. The smallest absolute Gasteiger partial charge is 0.326 e. The van der Waals surface area contributed by atoms with E-state index in [4.69, 9.17) is 27.9 Å². The molecule has 0 saturated heterocycles. The van der Waals surface area contributed by atoms with Crippen LogP contribution in [0.1, 0.15) is 21.5 Å². The Bertz CT molecular complexity index is 1220. The zero-order valence-corrected chi connectivity index (χ0v) is 22.9. The van der Waals surface area contributed by atoms with Crippen LogP contribution in [0.15, 0.2) is 55.9 Å². The minimum atomic E-state index is -0.718. The van der Waals surface area contributed by atoms with Crippen molar-refractivity contribution in [2.45, 2.75) is 13.8 Å². The number of aryl methyl sites for hydroxylation is 1. The summed E-state index contributed by atoms with van der Waals surface area (Å²) in [6.07, 6.45) is 0. The molecule has 3 amide bonds. The van der Waals surface area contributed by atoms with Gasteiger partial charge < -0.3 is 10.1 Å². The van der Waals surface area contributed by atoms with E-state index < -0.39 is 11.9 Å². The van der Waals surface area contributed by atoms with Gasteiger partial charge in [0.2, 0.25) is 0 Å². The number of benzene rings is 3. The number of anilines is 1. The lowest BCUT2D eigenvalue weighted by Gasteiger charge is -2.17. The summed E-state index contributed by atoms with van der Waals surface area (Å²) >= 11 is 22.8. The summed E-state index contributed by atoms with van der Waals surface area (Å²) in [4.78, 5) is 24.9. The lowest BCUT2D eigenvalue weighted by Crippen LogP contribution is -2.35. The second kappa shape index (κ2) is 10.6. The molecule has 0 atom stereocenters. The number of imide groups is 1. The summed E-state index contributed by atoms with van der Waals surface area (Å²) in [6.45, 7) is 3.55. The van der Waals surface area contributed by atoms with Crippen LogP contribution in [0.4, 0.5) is 10.5 Å². The van der Waals surface area contributed by atoms with Crippen molar-refractivity contribution in [1.29, 1.82) is 0 Å². The molecule has 0 spiro atoms. The van der Waals surface area contributed by atoms with Crippen molar-refractivity contribution in [2.24, 2.45) is 0 Å². The molecule has 0 heterocycles. The minimum absolute atomic E-state index is 0.166. The van der Waals surface area contributed by atoms with Gasteiger partial charge in [-0.05, 0) is 93.2 Å². The van der Waals surface area contributed by atoms with Crippen molar-refractivity contribution in [3.63, 3.8) is 0 Å². The molecule has 0 aliphatic rings. The van der Waals surface area contributed by atoms with E-state index in [0.29, 0.717) is 37.8 Å². The molecule has 0 aromatic heterocycles. The van der Waals surface area contributed by atoms with Gasteiger partial charge in [-0.15, -0.1) is 0 Å². The number of amides is 3. The van der Waals surface area contributed by atoms with E-state index in [0.717, 1.165) is 8.95 Å². The molecule has 5 nitrogen and oxygen atoms in total. The number of rotatable bonds is 4. The molecule has 2 N–H and O–H groups in total. The van der Waals surface area contributed by atoms with E-state index in [1.54, 1.807) is 37.3 Å². The normalized spacial score (nSPS) is 10.6. The summed E-state index contributed by atoms with van der Waals surface area (Å²) in [5.74, 6) is 0.418. The third-order valence-corrected chi connectivity index (χ3v) is 6.97. The average molecular weight is 666 g/mol. The minimum Gasteiger partial charge on any atom is -0.454 e. The highest BCUT2D eigenvalue weighted by atomic mass is 79.9. The number of hydrogen-bond donors (Lipinski definition) is 2. The van der Waals surface area contributed by atoms with E-state index in [1.807, 2.05) is 19.1 Å². The highest BCUT2D eigenvalue weighted by Gasteiger charge is 2.20. The third-order valence-electron chi connectivity index (χ3n) is 4.42. The van der Waals surface area contributed by atoms with Crippen LogP contribution in [0.5, 0.6) is 11.5 Å². The van der Waals surface area contributed by atoms with Crippen LogP contribution in [-0.4, -0.2) is 11.9 Å². The van der Waals surface area contributed by atoms with Gasteiger partial charge in [0, 0.05) is 14.6 Å². The zero-order valence-electron chi connectivity index (χ0n) is 16.7. The van der Waals surface area contributed by atoms with Gasteiger partial charge in [0.15, 0.2) is 0 Å². The van der Waals surface area contributed by atoms with Crippen LogP contribution in [0.3, 0.4) is 0 Å². The molecular formula is C22H15Br3Cl2N2O3. The molecule has 0 bridgehead atoms. The average Bonchev–Trinajstić information content (AvgIpc) is 2.70. The van der Waals surface area contributed by atoms with Gasteiger partial charge in [-0.2, -0.15) is 0 Å². The van der Waals surface area contributed by atoms with Crippen molar-refractivity contribution in [1.82, 2.24) is 5.32 Å². The predicted octanol–water partition coefficient (Wildman–Crippen LogP) is 8.65. The Morgan fingerprint density at radius 2 is 1.69 bits per heavy atom. The Balaban J connectivity index is 1.80. The van der Waals surface area contributed by atoms with Gasteiger partial charge in [-0.3, -0.25) is 10.1 Å². The summed E-state index contributed by atoms with van der Waals surface area (Å²) in [5.41, 5.74) is 1.89. The molecule has 0 aliphatic heterocycles. The van der Waals surface area contributed by atoms with Gasteiger partial charge in [-0.1, -0.05) is 45.2 Å². The number of halogens is 5. The zero-order chi connectivity index (χ0) is 23.6. The lowest BCUT2D eigenvalue weighted by molar-refractivity contribution is 0.0966. The Kier molecular flexibility index (Phi) is 8.27. The van der Waals surface area contributed by atoms with Gasteiger partial charge in [-0.25, -0.2) is 4.79 Å². The largest absolute Gasteiger partial charge is 0.454 e. The second-order valence-electron chi connectivity index (χ2n) is 6.69.